The molecular formula is C31H50O5. The summed E-state index contributed by atoms with van der Waals surface area (Å²) in [5.41, 5.74) is -0.407. The van der Waals surface area contributed by atoms with Gasteiger partial charge in [0.25, 0.3) is 0 Å². The number of carbonyl (C=O) groups is 2. The molecule has 0 saturated carbocycles. The molecule has 0 fully saturated rings. The fourth-order valence-corrected chi connectivity index (χ4v) is 4.20. The van der Waals surface area contributed by atoms with Crippen LogP contribution in [0.1, 0.15) is 142 Å². The van der Waals surface area contributed by atoms with Gasteiger partial charge in [0.15, 0.2) is 5.75 Å². The molecule has 1 rings (SSSR count). The zero-order valence-electron chi connectivity index (χ0n) is 23.0. The third kappa shape index (κ3) is 17.3. The average molecular weight is 503 g/mol. The van der Waals surface area contributed by atoms with Gasteiger partial charge in [-0.1, -0.05) is 117 Å². The molecule has 0 radical (unpaired) electrons. The van der Waals surface area contributed by atoms with Gasteiger partial charge in [-0.3, -0.25) is 14.4 Å². The van der Waals surface area contributed by atoms with E-state index < -0.39 is 11.4 Å². The minimum atomic E-state index is -0.407. The Morgan fingerprint density at radius 2 is 0.917 bits per heavy atom. The first kappa shape index (κ1) is 31.9. The Balaban J connectivity index is 2.23. The van der Waals surface area contributed by atoms with Crippen LogP contribution in [-0.2, 0) is 9.59 Å². The molecule has 0 unspecified atom stereocenters. The minimum Gasteiger partial charge on any atom is -0.427 e. The predicted octanol–water partition coefficient (Wildman–Crippen LogP) is 8.70. The van der Waals surface area contributed by atoms with Crippen molar-refractivity contribution in [3.8, 4) is 11.5 Å². The van der Waals surface area contributed by atoms with Gasteiger partial charge < -0.3 is 9.47 Å². The van der Waals surface area contributed by atoms with Gasteiger partial charge in [0.05, 0.1) is 0 Å². The zero-order chi connectivity index (χ0) is 26.3. The van der Waals surface area contributed by atoms with Crippen molar-refractivity contribution in [2.24, 2.45) is 0 Å². The van der Waals surface area contributed by atoms with Crippen LogP contribution in [0.25, 0.3) is 0 Å². The Labute approximate surface area is 219 Å². The van der Waals surface area contributed by atoms with Crippen molar-refractivity contribution in [3.63, 3.8) is 0 Å². The smallest absolute Gasteiger partial charge is 0.311 e. The van der Waals surface area contributed by atoms with Crippen LogP contribution in [-0.4, -0.2) is 11.9 Å². The average Bonchev–Trinajstić information content (AvgIpc) is 3.03. The second kappa shape index (κ2) is 22.1. The first-order chi connectivity index (χ1) is 17.6. The highest BCUT2D eigenvalue weighted by molar-refractivity contribution is 5.73. The van der Waals surface area contributed by atoms with Gasteiger partial charge in [-0.15, -0.1) is 0 Å². The summed E-state index contributed by atoms with van der Waals surface area (Å²) in [5, 5.41) is 0. The van der Waals surface area contributed by atoms with Crippen LogP contribution in [0.2, 0.25) is 0 Å². The molecule has 0 bridgehead atoms. The molecule has 1 aromatic carbocycles. The molecule has 5 nitrogen and oxygen atoms in total. The molecule has 0 spiro atoms. The van der Waals surface area contributed by atoms with Gasteiger partial charge in [0.1, 0.15) is 5.75 Å². The summed E-state index contributed by atoms with van der Waals surface area (Å²) < 4.78 is 10.6. The summed E-state index contributed by atoms with van der Waals surface area (Å²) in [6.07, 6.45) is 22.0. The molecule has 0 aliphatic rings. The molecule has 0 heterocycles. The zero-order valence-corrected chi connectivity index (χ0v) is 23.0. The minimum absolute atomic E-state index is 0.0318. The highest BCUT2D eigenvalue weighted by Crippen LogP contribution is 2.15. The van der Waals surface area contributed by atoms with E-state index in [9.17, 15) is 14.4 Å². The number of hydrogen-bond acceptors (Lipinski definition) is 5. The lowest BCUT2D eigenvalue weighted by Crippen LogP contribution is -2.12. The molecule has 0 amide bonds. The third-order valence-corrected chi connectivity index (χ3v) is 6.47. The van der Waals surface area contributed by atoms with E-state index in [1.54, 1.807) is 0 Å². The topological polar surface area (TPSA) is 69.7 Å². The van der Waals surface area contributed by atoms with Crippen LogP contribution < -0.4 is 14.9 Å². The predicted molar refractivity (Wildman–Crippen MR) is 148 cm³/mol. The quantitative estimate of drug-likeness (QED) is 0.117. The molecule has 204 valence electrons. The maximum Gasteiger partial charge on any atom is 0.311 e. The standard InChI is InChI=1S/C31H50O5/c1-3-5-7-9-11-12-13-14-16-18-19-21-30(33)35-27-23-25-28(32)29(26-24-27)36-31(34)22-20-17-15-10-8-6-4-2/h23-26H,3-22H2,1-2H3. The van der Waals surface area contributed by atoms with Crippen LogP contribution in [0.3, 0.4) is 0 Å². The van der Waals surface area contributed by atoms with Gasteiger partial charge in [-0.2, -0.15) is 0 Å². The van der Waals surface area contributed by atoms with Gasteiger partial charge in [-0.25, -0.2) is 0 Å². The Kier molecular flexibility index (Phi) is 19.5. The number of ether oxygens (including phenoxy) is 2. The summed E-state index contributed by atoms with van der Waals surface area (Å²) in [5.74, 6) is -0.450. The van der Waals surface area contributed by atoms with Crippen LogP contribution in [0.15, 0.2) is 29.1 Å². The van der Waals surface area contributed by atoms with Crippen molar-refractivity contribution in [1.29, 1.82) is 0 Å². The molecule has 5 heteroatoms. The Hall–Kier alpha value is -2.17. The van der Waals surface area contributed by atoms with Crippen LogP contribution >= 0.6 is 0 Å². The first-order valence-corrected chi connectivity index (χ1v) is 14.6. The molecule has 0 aliphatic heterocycles. The van der Waals surface area contributed by atoms with Crippen molar-refractivity contribution in [3.05, 3.63) is 34.5 Å². The second-order valence-electron chi connectivity index (χ2n) is 9.90. The highest BCUT2D eigenvalue weighted by Gasteiger charge is 2.09. The van der Waals surface area contributed by atoms with E-state index in [0.29, 0.717) is 12.8 Å². The summed E-state index contributed by atoms with van der Waals surface area (Å²) in [6, 6.07) is 5.65. The molecule has 0 aliphatic carbocycles. The number of rotatable bonds is 22. The normalized spacial score (nSPS) is 10.8. The summed E-state index contributed by atoms with van der Waals surface area (Å²) in [7, 11) is 0. The monoisotopic (exact) mass is 502 g/mol. The lowest BCUT2D eigenvalue weighted by Gasteiger charge is -2.04. The van der Waals surface area contributed by atoms with Crippen LogP contribution in [0.4, 0.5) is 0 Å². The van der Waals surface area contributed by atoms with Crippen molar-refractivity contribution in [2.75, 3.05) is 0 Å². The summed E-state index contributed by atoms with van der Waals surface area (Å²) in [4.78, 5) is 36.5. The van der Waals surface area contributed by atoms with Gasteiger partial charge in [-0.05, 0) is 37.1 Å². The first-order valence-electron chi connectivity index (χ1n) is 14.6. The number of carbonyl (C=O) groups excluding carboxylic acids is 2. The van der Waals surface area contributed by atoms with Gasteiger partial charge >= 0.3 is 11.9 Å². The molecule has 1 aromatic rings. The number of hydrogen-bond donors (Lipinski definition) is 0. The molecule has 0 aromatic heterocycles. The van der Waals surface area contributed by atoms with Crippen LogP contribution in [0, 0.1) is 0 Å². The van der Waals surface area contributed by atoms with Crippen molar-refractivity contribution < 1.29 is 19.1 Å². The third-order valence-electron chi connectivity index (χ3n) is 6.47. The number of unbranched alkanes of at least 4 members (excludes halogenated alkanes) is 16. The molecular weight excluding hydrogens is 452 g/mol. The van der Waals surface area contributed by atoms with Crippen molar-refractivity contribution >= 4 is 11.9 Å². The van der Waals surface area contributed by atoms with E-state index in [0.717, 1.165) is 38.5 Å². The second-order valence-corrected chi connectivity index (χ2v) is 9.90. The Morgan fingerprint density at radius 1 is 0.528 bits per heavy atom. The van der Waals surface area contributed by atoms with Gasteiger partial charge in [0, 0.05) is 12.8 Å². The fraction of sp³-hybridized carbons (Fsp3) is 0.710. The largest absolute Gasteiger partial charge is 0.427 e. The van der Waals surface area contributed by atoms with E-state index in [1.807, 2.05) is 0 Å². The highest BCUT2D eigenvalue weighted by atomic mass is 16.5. The Bertz CT molecular complexity index is 774. The Morgan fingerprint density at radius 3 is 1.39 bits per heavy atom. The van der Waals surface area contributed by atoms with Crippen molar-refractivity contribution in [1.82, 2.24) is 0 Å². The molecule has 0 N–H and O–H groups in total. The maximum absolute atomic E-state index is 12.2. The summed E-state index contributed by atoms with van der Waals surface area (Å²) >= 11 is 0. The molecule has 0 atom stereocenters. The van der Waals surface area contributed by atoms with Gasteiger partial charge in [0.2, 0.25) is 5.43 Å². The van der Waals surface area contributed by atoms with E-state index in [-0.39, 0.29) is 17.5 Å². The fourth-order valence-electron chi connectivity index (χ4n) is 4.20. The van der Waals surface area contributed by atoms with Crippen LogP contribution in [0.5, 0.6) is 11.5 Å². The van der Waals surface area contributed by atoms with E-state index in [2.05, 4.69) is 13.8 Å². The number of esters is 2. The van der Waals surface area contributed by atoms with E-state index in [1.165, 1.54) is 101 Å². The lowest BCUT2D eigenvalue weighted by atomic mass is 10.1. The van der Waals surface area contributed by atoms with E-state index in [4.69, 9.17) is 9.47 Å². The molecule has 36 heavy (non-hydrogen) atoms. The van der Waals surface area contributed by atoms with Crippen molar-refractivity contribution in [2.45, 2.75) is 142 Å². The SMILES string of the molecule is CCCCCCCCCCCCCC(=O)Oc1ccc(OC(=O)CCCCCCCCC)c(=O)cc1. The molecule has 0 saturated heterocycles. The lowest BCUT2D eigenvalue weighted by molar-refractivity contribution is -0.135. The maximum atomic E-state index is 12.2. The summed E-state index contributed by atoms with van der Waals surface area (Å²) in [6.45, 7) is 4.43. The van der Waals surface area contributed by atoms with E-state index >= 15 is 0 Å².